The average Bonchev–Trinajstić information content (AvgIpc) is 3.21. The van der Waals surface area contributed by atoms with Gasteiger partial charge in [0.2, 0.25) is 0 Å². The van der Waals surface area contributed by atoms with E-state index in [-0.39, 0.29) is 0 Å². The van der Waals surface area contributed by atoms with Crippen LogP contribution in [0.3, 0.4) is 0 Å². The molecule has 0 amide bonds. The van der Waals surface area contributed by atoms with Crippen molar-refractivity contribution in [2.45, 2.75) is 51.9 Å². The number of aromatic amines is 1. The largest absolute Gasteiger partial charge is 0.345 e. The molecule has 30 heavy (non-hydrogen) atoms. The standard InChI is InChI=1S/C14H16N4.C4H8.C2H2.CH5N.2CH2O/c1-9-3-2-4-11(9)14-17-8-10-7-16-13-12(18(10)14)5-6-15-13;1-4-2-3-4;4*1-2/h5-9,11,15H,2-4H2,1H3;4H,2-3H2,1H3;1-2H;2H2,1H3;2*1H2/t9-,11+;;;;;/m1...../s1. The van der Waals surface area contributed by atoms with Gasteiger partial charge >= 0.3 is 0 Å². The fourth-order valence-corrected chi connectivity index (χ4v) is 3.46. The number of rotatable bonds is 1. The summed E-state index contributed by atoms with van der Waals surface area (Å²) in [6.45, 7) is 8.62. The van der Waals surface area contributed by atoms with Gasteiger partial charge in [0, 0.05) is 12.1 Å². The molecule has 2 fully saturated rings. The molecule has 0 spiro atoms. The maximum Gasteiger partial charge on any atom is 0.154 e. The quantitative estimate of drug-likeness (QED) is 0.587. The number of aromatic nitrogens is 4. The molecule has 0 bridgehead atoms. The lowest BCUT2D eigenvalue weighted by molar-refractivity contribution is -0.0987. The highest BCUT2D eigenvalue weighted by Gasteiger charge is 2.28. The van der Waals surface area contributed by atoms with Crippen molar-refractivity contribution in [3.63, 3.8) is 0 Å². The van der Waals surface area contributed by atoms with Gasteiger partial charge in [-0.2, -0.15) is 0 Å². The van der Waals surface area contributed by atoms with Crippen LogP contribution in [0, 0.1) is 24.7 Å². The first kappa shape index (κ1) is 27.0. The Balaban J connectivity index is 0.000000594. The van der Waals surface area contributed by atoms with Crippen LogP contribution < -0.4 is 5.73 Å². The van der Waals surface area contributed by atoms with Gasteiger partial charge in [-0.1, -0.05) is 33.1 Å². The molecule has 2 saturated carbocycles. The summed E-state index contributed by atoms with van der Waals surface area (Å²) in [5.41, 5.74) is 7.67. The predicted octanol–water partition coefficient (Wildman–Crippen LogP) is 3.99. The molecule has 2 aliphatic rings. The lowest BCUT2D eigenvalue weighted by Gasteiger charge is -2.14. The number of fused-ring (bicyclic) bond motifs is 3. The first-order chi connectivity index (χ1) is 14.7. The summed E-state index contributed by atoms with van der Waals surface area (Å²) in [4.78, 5) is 28.2. The van der Waals surface area contributed by atoms with Crippen molar-refractivity contribution in [1.29, 1.82) is 0 Å². The molecule has 3 aromatic rings. The topological polar surface area (TPSA) is 106 Å². The summed E-state index contributed by atoms with van der Waals surface area (Å²) in [6, 6.07) is 2.08. The van der Waals surface area contributed by atoms with Crippen molar-refractivity contribution < 1.29 is 9.59 Å². The Kier molecular flexibility index (Phi) is 13.5. The van der Waals surface area contributed by atoms with E-state index in [9.17, 15) is 0 Å². The zero-order valence-corrected chi connectivity index (χ0v) is 18.4. The van der Waals surface area contributed by atoms with Gasteiger partial charge in [-0.25, -0.2) is 9.97 Å². The molecule has 3 aromatic heterocycles. The van der Waals surface area contributed by atoms with Crippen molar-refractivity contribution in [1.82, 2.24) is 19.4 Å². The number of nitrogens with two attached hydrogens (primary N) is 1. The fraction of sp³-hybridized carbons (Fsp3) is 0.478. The molecule has 3 N–H and O–H groups in total. The SMILES string of the molecule is C#C.C=O.C=O.CC1CC1.CN.C[C@@H]1CCC[C@@H]1c1ncc2cnc3[nH]ccc3n12. The number of nitrogens with zero attached hydrogens (tertiary/aromatic N) is 3. The first-order valence-corrected chi connectivity index (χ1v) is 10.0. The number of imidazole rings is 1. The van der Waals surface area contributed by atoms with E-state index in [1.165, 1.54) is 45.0 Å². The first-order valence-electron chi connectivity index (χ1n) is 10.0. The van der Waals surface area contributed by atoms with Crippen LogP contribution >= 0.6 is 0 Å². The molecule has 0 aromatic carbocycles. The number of terminal acetylenes is 1. The second kappa shape index (κ2) is 14.9. The maximum atomic E-state index is 8.00. The van der Waals surface area contributed by atoms with E-state index in [0.29, 0.717) is 5.92 Å². The van der Waals surface area contributed by atoms with Gasteiger partial charge in [0.05, 0.1) is 23.4 Å². The number of carbonyl (C=O) groups is 2. The molecule has 7 nitrogen and oxygen atoms in total. The van der Waals surface area contributed by atoms with Crippen molar-refractivity contribution >= 4 is 30.3 Å². The lowest BCUT2D eigenvalue weighted by atomic mass is 9.97. The summed E-state index contributed by atoms with van der Waals surface area (Å²) in [7, 11) is 1.50. The summed E-state index contributed by atoms with van der Waals surface area (Å²) < 4.78 is 2.27. The van der Waals surface area contributed by atoms with E-state index in [2.05, 4.69) is 57.8 Å². The second-order valence-electron chi connectivity index (χ2n) is 7.04. The molecule has 164 valence electrons. The number of nitrogens with one attached hydrogen (secondary N) is 1. The minimum atomic E-state index is 0.591. The van der Waals surface area contributed by atoms with E-state index in [1.54, 1.807) is 0 Å². The minimum absolute atomic E-state index is 0.591. The Bertz CT molecular complexity index is 864. The van der Waals surface area contributed by atoms with Crippen LogP contribution in [0.15, 0.2) is 24.7 Å². The molecule has 5 rings (SSSR count). The van der Waals surface area contributed by atoms with Crippen molar-refractivity contribution in [3.05, 3.63) is 30.5 Å². The van der Waals surface area contributed by atoms with Gasteiger partial charge in [0.15, 0.2) is 5.65 Å². The van der Waals surface area contributed by atoms with E-state index in [1.807, 2.05) is 32.2 Å². The number of H-pyrrole nitrogens is 1. The van der Waals surface area contributed by atoms with E-state index in [4.69, 9.17) is 9.59 Å². The molecule has 7 heteroatoms. The molecule has 0 saturated heterocycles. The Labute approximate surface area is 179 Å². The van der Waals surface area contributed by atoms with Crippen LogP contribution in [0.4, 0.5) is 0 Å². The third-order valence-electron chi connectivity index (χ3n) is 5.15. The number of hydrogen-bond acceptors (Lipinski definition) is 5. The Morgan fingerprint density at radius 2 is 1.60 bits per heavy atom. The second-order valence-corrected chi connectivity index (χ2v) is 7.04. The molecule has 3 heterocycles. The molecular weight excluding hydrogens is 378 g/mol. The molecule has 0 radical (unpaired) electrons. The molecule has 0 aliphatic heterocycles. The van der Waals surface area contributed by atoms with Gasteiger partial charge < -0.3 is 20.3 Å². The smallest absolute Gasteiger partial charge is 0.154 e. The van der Waals surface area contributed by atoms with Crippen LogP contribution in [0.25, 0.3) is 16.7 Å². The Morgan fingerprint density at radius 3 is 2.10 bits per heavy atom. The van der Waals surface area contributed by atoms with Gasteiger partial charge in [-0.3, -0.25) is 4.40 Å². The monoisotopic (exact) mass is 413 g/mol. The van der Waals surface area contributed by atoms with Crippen molar-refractivity contribution in [2.24, 2.45) is 17.6 Å². The van der Waals surface area contributed by atoms with E-state index in [0.717, 1.165) is 28.5 Å². The third-order valence-corrected chi connectivity index (χ3v) is 5.15. The number of carbonyl (C=O) groups excluding carboxylic acids is 2. The normalized spacial score (nSPS) is 18.6. The predicted molar refractivity (Wildman–Crippen MR) is 123 cm³/mol. The summed E-state index contributed by atoms with van der Waals surface area (Å²) in [5.74, 6) is 3.62. The van der Waals surface area contributed by atoms with Crippen LogP contribution in [-0.4, -0.2) is 40.0 Å². The average molecular weight is 414 g/mol. The van der Waals surface area contributed by atoms with E-state index >= 15 is 0 Å². The Morgan fingerprint density at radius 1 is 1.03 bits per heavy atom. The fourth-order valence-electron chi connectivity index (χ4n) is 3.46. The number of hydrogen-bond donors (Lipinski definition) is 2. The van der Waals surface area contributed by atoms with Gasteiger partial charge in [-0.15, -0.1) is 12.8 Å². The van der Waals surface area contributed by atoms with Crippen LogP contribution in [0.1, 0.15) is 57.7 Å². The zero-order chi connectivity index (χ0) is 23.1. The summed E-state index contributed by atoms with van der Waals surface area (Å²) >= 11 is 0. The highest BCUT2D eigenvalue weighted by molar-refractivity contribution is 5.75. The van der Waals surface area contributed by atoms with Crippen molar-refractivity contribution in [3.8, 4) is 12.8 Å². The maximum absolute atomic E-state index is 8.00. The van der Waals surface area contributed by atoms with Gasteiger partial charge in [0.25, 0.3) is 0 Å². The highest BCUT2D eigenvalue weighted by atomic mass is 16.1. The zero-order valence-electron chi connectivity index (χ0n) is 18.4. The molecule has 0 unspecified atom stereocenters. The van der Waals surface area contributed by atoms with Crippen LogP contribution in [0.2, 0.25) is 0 Å². The third kappa shape index (κ3) is 6.82. The van der Waals surface area contributed by atoms with Crippen molar-refractivity contribution in [2.75, 3.05) is 7.05 Å². The summed E-state index contributed by atoms with van der Waals surface area (Å²) in [5, 5.41) is 0. The van der Waals surface area contributed by atoms with E-state index < -0.39 is 0 Å². The Hall–Kier alpha value is -2.98. The minimum Gasteiger partial charge on any atom is -0.345 e. The van der Waals surface area contributed by atoms with Crippen LogP contribution in [-0.2, 0) is 9.59 Å². The molecule has 2 atom stereocenters. The summed E-state index contributed by atoms with van der Waals surface area (Å²) in [6.07, 6.45) is 20.7. The van der Waals surface area contributed by atoms with Gasteiger partial charge in [0.1, 0.15) is 19.4 Å². The molecular formula is C23H35N5O2. The highest BCUT2D eigenvalue weighted by Crippen LogP contribution is 2.39. The lowest BCUT2D eigenvalue weighted by Crippen LogP contribution is -2.07. The van der Waals surface area contributed by atoms with Gasteiger partial charge in [-0.05, 0) is 37.8 Å². The van der Waals surface area contributed by atoms with Crippen LogP contribution in [0.5, 0.6) is 0 Å². The molecule has 2 aliphatic carbocycles.